The van der Waals surface area contributed by atoms with Gasteiger partial charge in [0.1, 0.15) is 0 Å². The van der Waals surface area contributed by atoms with Gasteiger partial charge in [-0.05, 0) is 0 Å². The van der Waals surface area contributed by atoms with Crippen molar-refractivity contribution in [3.05, 3.63) is 0 Å². The van der Waals surface area contributed by atoms with Gasteiger partial charge in [-0.2, -0.15) is 0 Å². The monoisotopic (exact) mass is 295 g/mol. The van der Waals surface area contributed by atoms with Crippen molar-refractivity contribution in [2.24, 2.45) is 11.8 Å². The van der Waals surface area contributed by atoms with Gasteiger partial charge in [-0.3, -0.25) is 0 Å². The first-order chi connectivity index (χ1) is 6.38. The van der Waals surface area contributed by atoms with Gasteiger partial charge in [0, 0.05) is 0 Å². The molecule has 2 nitrogen and oxygen atoms in total. The van der Waals surface area contributed by atoms with E-state index in [-0.39, 0.29) is 19.8 Å². The molecular weight excluding hydrogens is 277 g/mol. The molecule has 0 bridgehead atoms. The molecule has 2 unspecified atom stereocenters. The molecule has 2 N–H and O–H groups in total. The van der Waals surface area contributed by atoms with Gasteiger partial charge < -0.3 is 0 Å². The van der Waals surface area contributed by atoms with E-state index < -0.39 is 0 Å². The average molecular weight is 295 g/mol. The van der Waals surface area contributed by atoms with E-state index in [2.05, 4.69) is 5.32 Å². The number of hydrogen-bond donors (Lipinski definition) is 2. The fraction of sp³-hybridized carbons (Fsp3) is 1.00. The summed E-state index contributed by atoms with van der Waals surface area (Å²) >= 11 is -0.353. The Kier molecular flexibility index (Phi) is 2.30. The van der Waals surface area contributed by atoms with Crippen molar-refractivity contribution in [2.45, 2.75) is 33.8 Å². The number of alkyl halides is 3. The van der Waals surface area contributed by atoms with E-state index in [0.29, 0.717) is 12.5 Å². The topological polar surface area (TPSA) is 42.2 Å². The molecule has 0 aromatic rings. The summed E-state index contributed by atoms with van der Waals surface area (Å²) in [5.41, 5.74) is 0. The van der Waals surface area contributed by atoms with Crippen molar-refractivity contribution in [1.29, 1.82) is 0 Å². The second kappa shape index (κ2) is 3.35. The van der Waals surface area contributed by atoms with E-state index in [1.54, 1.807) is 4.43 Å². The SMILES string of the molecule is OCC1CCC(CI2C3NC32)CC1. The number of nitrogens with one attached hydrogen (secondary N) is 1. The zero-order valence-corrected chi connectivity index (χ0v) is 10.0. The summed E-state index contributed by atoms with van der Waals surface area (Å²) in [4.78, 5) is 0. The molecule has 1 aliphatic carbocycles. The van der Waals surface area contributed by atoms with Crippen LogP contribution in [0.5, 0.6) is 0 Å². The summed E-state index contributed by atoms with van der Waals surface area (Å²) in [5.74, 6) is 1.70. The summed E-state index contributed by atoms with van der Waals surface area (Å²) in [6, 6.07) is 0. The zero-order chi connectivity index (χ0) is 8.84. The Morgan fingerprint density at radius 1 is 1.08 bits per heavy atom. The van der Waals surface area contributed by atoms with Crippen molar-refractivity contribution in [3.63, 3.8) is 0 Å². The number of aliphatic hydroxyl groups is 1. The van der Waals surface area contributed by atoms with Crippen LogP contribution >= 0.6 is 19.8 Å². The van der Waals surface area contributed by atoms with E-state index in [4.69, 9.17) is 5.11 Å². The molecular formula is C10H18INO. The molecule has 3 heteroatoms. The molecule has 0 spiro atoms. The van der Waals surface area contributed by atoms with E-state index >= 15 is 0 Å². The van der Waals surface area contributed by atoms with E-state index in [1.165, 1.54) is 25.7 Å². The van der Waals surface area contributed by atoms with Gasteiger partial charge in [-0.15, -0.1) is 0 Å². The first kappa shape index (κ1) is 8.92. The Labute approximate surface area is 86.9 Å². The van der Waals surface area contributed by atoms with Crippen molar-refractivity contribution >= 4 is 19.8 Å². The maximum atomic E-state index is 9.02. The number of fused-ring (bicyclic) bond motifs is 1. The molecule has 1 saturated carbocycles. The van der Waals surface area contributed by atoms with Gasteiger partial charge in [0.2, 0.25) is 0 Å². The molecule has 2 saturated heterocycles. The predicted octanol–water partition coefficient (Wildman–Crippen LogP) is 1.56. The molecule has 2 aliphatic heterocycles. The van der Waals surface area contributed by atoms with Crippen LogP contribution in [0.4, 0.5) is 0 Å². The molecule has 3 aliphatic rings. The van der Waals surface area contributed by atoms with Gasteiger partial charge in [-0.25, -0.2) is 0 Å². The molecule has 3 rings (SSSR count). The maximum absolute atomic E-state index is 9.02. The van der Waals surface area contributed by atoms with Gasteiger partial charge in [-0.1, -0.05) is 0 Å². The van der Waals surface area contributed by atoms with Crippen LogP contribution in [0.2, 0.25) is 0 Å². The molecule has 2 heterocycles. The number of halogens is 1. The van der Waals surface area contributed by atoms with Gasteiger partial charge in [0.25, 0.3) is 0 Å². The van der Waals surface area contributed by atoms with Crippen LogP contribution in [0.15, 0.2) is 0 Å². The standard InChI is InChI=1S/C10H18INO/c13-6-8-3-1-7(2-4-8)5-11-9-10(11)12-9/h7-10,12-13H,1-6H2. The molecule has 0 aromatic heterocycles. The van der Waals surface area contributed by atoms with E-state index in [1.807, 2.05) is 0 Å². The predicted molar refractivity (Wildman–Crippen MR) is 62.1 cm³/mol. The van der Waals surface area contributed by atoms with Crippen molar-refractivity contribution in [1.82, 2.24) is 5.32 Å². The molecule has 76 valence electrons. The fourth-order valence-corrected chi connectivity index (χ4v) is 9.54. The summed E-state index contributed by atoms with van der Waals surface area (Å²) in [6.07, 6.45) is 5.43. The summed E-state index contributed by atoms with van der Waals surface area (Å²) in [7, 11) is 0. The molecule has 13 heavy (non-hydrogen) atoms. The van der Waals surface area contributed by atoms with Crippen LogP contribution in [-0.2, 0) is 0 Å². The van der Waals surface area contributed by atoms with E-state index in [0.717, 1.165) is 14.0 Å². The minimum atomic E-state index is -0.353. The number of hydrogen-bond acceptors (Lipinski definition) is 2. The first-order valence-electron chi connectivity index (χ1n) is 5.38. The Bertz CT molecular complexity index is 195. The Balaban J connectivity index is 1.41. The second-order valence-electron chi connectivity index (χ2n) is 4.63. The van der Waals surface area contributed by atoms with Crippen LogP contribution in [-0.4, -0.2) is 24.2 Å². The van der Waals surface area contributed by atoms with Crippen LogP contribution in [0, 0.1) is 11.8 Å². The third-order valence-corrected chi connectivity index (χ3v) is 10.7. The zero-order valence-electron chi connectivity index (χ0n) is 7.88. The quantitative estimate of drug-likeness (QED) is 0.359. The van der Waals surface area contributed by atoms with E-state index in [9.17, 15) is 0 Å². The first-order valence-corrected chi connectivity index (χ1v) is 9.40. The summed E-state index contributed by atoms with van der Waals surface area (Å²) < 4.78 is 3.82. The Morgan fingerprint density at radius 2 is 1.69 bits per heavy atom. The van der Waals surface area contributed by atoms with Crippen LogP contribution in [0.3, 0.4) is 0 Å². The van der Waals surface area contributed by atoms with Crippen molar-refractivity contribution in [2.75, 3.05) is 11.0 Å². The van der Waals surface area contributed by atoms with Gasteiger partial charge in [0.05, 0.1) is 0 Å². The Morgan fingerprint density at radius 3 is 2.15 bits per heavy atom. The molecule has 0 radical (unpaired) electrons. The van der Waals surface area contributed by atoms with Gasteiger partial charge in [0.15, 0.2) is 0 Å². The van der Waals surface area contributed by atoms with Gasteiger partial charge >= 0.3 is 86.9 Å². The fourth-order valence-electron chi connectivity index (χ4n) is 2.43. The van der Waals surface area contributed by atoms with Crippen molar-refractivity contribution < 1.29 is 5.11 Å². The third kappa shape index (κ3) is 1.75. The normalized spacial score (nSPS) is 50.1. The van der Waals surface area contributed by atoms with Crippen LogP contribution < -0.4 is 5.32 Å². The molecule has 0 amide bonds. The van der Waals surface area contributed by atoms with Crippen LogP contribution in [0.1, 0.15) is 25.7 Å². The average Bonchev–Trinajstić information content (AvgIpc) is 3.04. The summed E-state index contributed by atoms with van der Waals surface area (Å²) in [5, 5.41) is 12.5. The molecule has 3 fully saturated rings. The third-order valence-electron chi connectivity index (χ3n) is 3.62. The molecule has 0 aromatic carbocycles. The summed E-state index contributed by atoms with van der Waals surface area (Å²) in [6.45, 7) is 0.432. The van der Waals surface area contributed by atoms with Crippen molar-refractivity contribution in [3.8, 4) is 0 Å². The van der Waals surface area contributed by atoms with Crippen LogP contribution in [0.25, 0.3) is 0 Å². The Hall–Kier alpha value is 0.650. The molecule has 2 atom stereocenters. The number of rotatable bonds is 3. The number of aliphatic hydroxyl groups excluding tert-OH is 1. The second-order valence-corrected chi connectivity index (χ2v) is 10.7. The minimum absolute atomic E-state index is 0.353.